The van der Waals surface area contributed by atoms with E-state index in [9.17, 15) is 14.0 Å². The fraction of sp³-hybridized carbons (Fsp3) is 0.292. The lowest BCUT2D eigenvalue weighted by Gasteiger charge is -2.20. The van der Waals surface area contributed by atoms with Gasteiger partial charge in [0.05, 0.1) is 10.7 Å². The Hall–Kier alpha value is -3.79. The molecule has 3 heterocycles. The van der Waals surface area contributed by atoms with E-state index in [4.69, 9.17) is 17.3 Å². The number of fused-ring (bicyclic) bond motifs is 1. The van der Waals surface area contributed by atoms with Crippen LogP contribution in [0.4, 0.5) is 15.8 Å². The van der Waals surface area contributed by atoms with Crippen molar-refractivity contribution in [2.75, 3.05) is 10.3 Å². The largest absolute Gasteiger partial charge is 0.368 e. The van der Waals surface area contributed by atoms with Crippen molar-refractivity contribution in [3.8, 4) is 11.4 Å². The first kappa shape index (κ1) is 23.0. The van der Waals surface area contributed by atoms with E-state index in [0.717, 1.165) is 38.1 Å². The van der Waals surface area contributed by atoms with Crippen LogP contribution in [0.2, 0.25) is 5.02 Å². The van der Waals surface area contributed by atoms with Crippen LogP contribution in [0.3, 0.4) is 0 Å². The summed E-state index contributed by atoms with van der Waals surface area (Å²) in [7, 11) is 0. The van der Waals surface area contributed by atoms with E-state index in [-0.39, 0.29) is 12.1 Å². The second kappa shape index (κ2) is 9.46. The number of nitrogens with zero attached hydrogens (tertiary/aromatic N) is 5. The minimum absolute atomic E-state index is 0.0245. The van der Waals surface area contributed by atoms with Crippen molar-refractivity contribution >= 4 is 40.5 Å². The molecule has 0 saturated heterocycles. The Morgan fingerprint density at radius 3 is 2.66 bits per heavy atom. The van der Waals surface area contributed by atoms with Gasteiger partial charge >= 0.3 is 0 Å². The topological polar surface area (TPSA) is 118 Å². The zero-order chi connectivity index (χ0) is 24.5. The van der Waals surface area contributed by atoms with Gasteiger partial charge in [0.1, 0.15) is 23.4 Å². The van der Waals surface area contributed by atoms with Crippen molar-refractivity contribution in [2.45, 2.75) is 44.7 Å². The van der Waals surface area contributed by atoms with Gasteiger partial charge in [-0.25, -0.2) is 4.39 Å². The molecule has 0 radical (unpaired) electrons. The van der Waals surface area contributed by atoms with Gasteiger partial charge in [-0.2, -0.15) is 5.10 Å². The molecule has 3 N–H and O–H groups in total. The molecule has 1 unspecified atom stereocenters. The Morgan fingerprint density at radius 2 is 1.89 bits per heavy atom. The molecule has 9 nitrogen and oxygen atoms in total. The maximum Gasteiger partial charge on any atom is 0.271 e. The molecule has 11 heteroatoms. The number of rotatable bonds is 5. The maximum absolute atomic E-state index is 13.3. The minimum atomic E-state index is -0.853. The van der Waals surface area contributed by atoms with Crippen molar-refractivity contribution in [3.63, 3.8) is 0 Å². The Bertz CT molecular complexity index is 1320. The van der Waals surface area contributed by atoms with Gasteiger partial charge in [-0.05, 0) is 55.3 Å². The predicted octanol–water partition coefficient (Wildman–Crippen LogP) is 3.52. The summed E-state index contributed by atoms with van der Waals surface area (Å²) in [6.07, 6.45) is 4.14. The molecule has 1 aromatic heterocycles. The molecule has 180 valence electrons. The highest BCUT2D eigenvalue weighted by atomic mass is 35.5. The Labute approximate surface area is 205 Å². The second-order valence-corrected chi connectivity index (χ2v) is 8.95. The standard InChI is InChI=1S/C24H23ClFN7O2/c25-18-10-7-15(12-17(18)23-30-29-21-4-2-1-3-11-32(21)23)28-24(35)19-13-20(22(27)34)33(31-19)16-8-5-14(26)6-9-16/h5-10,12,20H,1-4,11,13H2,(H2,27,34)(H,28,35). The number of aryl methyl sites for hydroxylation is 1. The van der Waals surface area contributed by atoms with Gasteiger partial charge in [0.2, 0.25) is 5.91 Å². The maximum atomic E-state index is 13.3. The third-order valence-electron chi connectivity index (χ3n) is 6.17. The molecule has 0 fully saturated rings. The lowest BCUT2D eigenvalue weighted by Crippen LogP contribution is -2.39. The number of hydrogen-bond donors (Lipinski definition) is 2. The number of carbonyl (C=O) groups excluding carboxylic acids is 2. The van der Waals surface area contributed by atoms with E-state index in [1.807, 2.05) is 0 Å². The van der Waals surface area contributed by atoms with Gasteiger partial charge in [-0.15, -0.1) is 10.2 Å². The van der Waals surface area contributed by atoms with Gasteiger partial charge in [0.25, 0.3) is 5.91 Å². The van der Waals surface area contributed by atoms with Crippen LogP contribution in [0.25, 0.3) is 11.4 Å². The number of hydrazone groups is 1. The first-order valence-corrected chi connectivity index (χ1v) is 11.7. The summed E-state index contributed by atoms with van der Waals surface area (Å²) in [4.78, 5) is 25.0. The van der Waals surface area contributed by atoms with Crippen LogP contribution in [-0.2, 0) is 22.6 Å². The summed E-state index contributed by atoms with van der Waals surface area (Å²) in [5, 5.41) is 17.7. The lowest BCUT2D eigenvalue weighted by molar-refractivity contribution is -0.119. The molecule has 0 aliphatic carbocycles. The lowest BCUT2D eigenvalue weighted by atomic mass is 10.1. The van der Waals surface area contributed by atoms with Crippen molar-refractivity contribution in [1.82, 2.24) is 14.8 Å². The molecule has 1 atom stereocenters. The highest BCUT2D eigenvalue weighted by Gasteiger charge is 2.35. The molecule has 0 bridgehead atoms. The smallest absolute Gasteiger partial charge is 0.271 e. The van der Waals surface area contributed by atoms with Crippen LogP contribution in [0.5, 0.6) is 0 Å². The molecule has 0 saturated carbocycles. The quantitative estimate of drug-likeness (QED) is 0.561. The number of nitrogens with two attached hydrogens (primary N) is 1. The molecule has 0 spiro atoms. The van der Waals surface area contributed by atoms with E-state index >= 15 is 0 Å². The van der Waals surface area contributed by atoms with Gasteiger partial charge in [0.15, 0.2) is 5.82 Å². The zero-order valence-corrected chi connectivity index (χ0v) is 19.5. The fourth-order valence-electron chi connectivity index (χ4n) is 4.36. The third kappa shape index (κ3) is 4.61. The number of nitrogens with one attached hydrogen (secondary N) is 1. The Morgan fingerprint density at radius 1 is 1.09 bits per heavy atom. The molecule has 2 amide bonds. The number of anilines is 2. The van der Waals surface area contributed by atoms with Crippen LogP contribution in [0.15, 0.2) is 47.6 Å². The van der Waals surface area contributed by atoms with Crippen LogP contribution in [0.1, 0.15) is 31.5 Å². The van der Waals surface area contributed by atoms with E-state index in [0.29, 0.717) is 27.8 Å². The summed E-state index contributed by atoms with van der Waals surface area (Å²) in [6, 6.07) is 9.73. The predicted molar refractivity (Wildman–Crippen MR) is 131 cm³/mol. The number of primary amides is 1. The van der Waals surface area contributed by atoms with Crippen molar-refractivity contribution in [2.24, 2.45) is 10.8 Å². The van der Waals surface area contributed by atoms with Crippen molar-refractivity contribution in [1.29, 1.82) is 0 Å². The SMILES string of the molecule is NC(=O)C1CC(C(=O)Nc2ccc(Cl)c(-c3nnc4n3CCCCC4)c2)=NN1c1ccc(F)cc1. The number of benzene rings is 2. The minimum Gasteiger partial charge on any atom is -0.368 e. The first-order chi connectivity index (χ1) is 16.9. The van der Waals surface area contributed by atoms with Gasteiger partial charge in [-0.1, -0.05) is 18.0 Å². The summed E-state index contributed by atoms with van der Waals surface area (Å²) < 4.78 is 15.4. The van der Waals surface area contributed by atoms with E-state index in [2.05, 4.69) is 25.2 Å². The van der Waals surface area contributed by atoms with Crippen LogP contribution >= 0.6 is 11.6 Å². The highest BCUT2D eigenvalue weighted by molar-refractivity contribution is 6.44. The normalized spacial score (nSPS) is 17.5. The van der Waals surface area contributed by atoms with E-state index in [1.54, 1.807) is 18.2 Å². The van der Waals surface area contributed by atoms with Crippen LogP contribution in [0, 0.1) is 5.82 Å². The average molecular weight is 496 g/mol. The summed E-state index contributed by atoms with van der Waals surface area (Å²) in [5.74, 6) is 0.0594. The number of aromatic nitrogens is 3. The van der Waals surface area contributed by atoms with Crippen LogP contribution in [-0.4, -0.2) is 38.3 Å². The number of carbonyl (C=O) groups is 2. The van der Waals surface area contributed by atoms with Gasteiger partial charge in [-0.3, -0.25) is 14.6 Å². The zero-order valence-electron chi connectivity index (χ0n) is 18.7. The molecule has 5 rings (SSSR count). The molecule has 3 aromatic rings. The molecule has 35 heavy (non-hydrogen) atoms. The monoisotopic (exact) mass is 495 g/mol. The average Bonchev–Trinajstić information content (AvgIpc) is 3.39. The molecule has 2 aromatic carbocycles. The van der Waals surface area contributed by atoms with Crippen LogP contribution < -0.4 is 16.1 Å². The Balaban J connectivity index is 1.39. The summed E-state index contributed by atoms with van der Waals surface area (Å²) in [6.45, 7) is 0.815. The molecule has 2 aliphatic heterocycles. The number of hydrogen-bond acceptors (Lipinski definition) is 6. The Kier molecular flexibility index (Phi) is 6.21. The molecular weight excluding hydrogens is 473 g/mol. The van der Waals surface area contributed by atoms with Gasteiger partial charge < -0.3 is 15.6 Å². The number of halogens is 2. The van der Waals surface area contributed by atoms with E-state index in [1.165, 1.54) is 29.3 Å². The summed E-state index contributed by atoms with van der Waals surface area (Å²) in [5.41, 5.74) is 7.29. The molecule has 2 aliphatic rings. The van der Waals surface area contributed by atoms with E-state index < -0.39 is 23.7 Å². The highest BCUT2D eigenvalue weighted by Crippen LogP contribution is 2.32. The number of amides is 2. The summed E-state index contributed by atoms with van der Waals surface area (Å²) >= 11 is 6.48. The third-order valence-corrected chi connectivity index (χ3v) is 6.50. The fourth-order valence-corrected chi connectivity index (χ4v) is 4.56. The molecular formula is C24H23ClFN7O2. The van der Waals surface area contributed by atoms with Crippen molar-refractivity contribution < 1.29 is 14.0 Å². The second-order valence-electron chi connectivity index (χ2n) is 8.54. The first-order valence-electron chi connectivity index (χ1n) is 11.4. The van der Waals surface area contributed by atoms with Gasteiger partial charge in [0, 0.05) is 30.6 Å². The van der Waals surface area contributed by atoms with Crippen molar-refractivity contribution in [3.05, 3.63) is 59.1 Å².